The van der Waals surface area contributed by atoms with Crippen molar-refractivity contribution in [1.29, 1.82) is 0 Å². The van der Waals surface area contributed by atoms with E-state index in [0.29, 0.717) is 17.2 Å². The normalized spacial score (nSPS) is 11.6. The molecule has 0 saturated heterocycles. The average molecular weight is 769 g/mol. The molecule has 0 bridgehead atoms. The van der Waals surface area contributed by atoms with Crippen LogP contribution in [0.2, 0.25) is 0 Å². The zero-order valence-electron chi connectivity index (χ0n) is 31.3. The van der Waals surface area contributed by atoms with E-state index < -0.39 is 29.7 Å². The van der Waals surface area contributed by atoms with Crippen LogP contribution in [-0.2, 0) is 15.0 Å². The molecule has 0 fully saturated rings. The number of ether oxygens (including phenoxy) is 8. The summed E-state index contributed by atoms with van der Waals surface area (Å²) in [4.78, 5) is 48.4. The number of hydrogen-bond acceptors (Lipinski definition) is 12. The third-order valence-electron chi connectivity index (χ3n) is 8.51. The maximum absolute atomic E-state index is 12.8. The van der Waals surface area contributed by atoms with E-state index in [1.165, 1.54) is 32.0 Å². The quantitative estimate of drug-likeness (QED) is 0.0506. The van der Waals surface area contributed by atoms with E-state index in [1.54, 1.807) is 79.9 Å². The van der Waals surface area contributed by atoms with Gasteiger partial charge in [-0.2, -0.15) is 0 Å². The van der Waals surface area contributed by atoms with Gasteiger partial charge >= 0.3 is 24.2 Å². The molecule has 0 heterocycles. The number of hydrogen-bond donors (Lipinski definition) is 0. The highest BCUT2D eigenvalue weighted by atomic mass is 16.7. The number of benzene rings is 6. The molecule has 6 aromatic rings. The minimum Gasteiger partial charge on any atom is -0.497 e. The summed E-state index contributed by atoms with van der Waals surface area (Å²) in [6.45, 7) is 4.45. The lowest BCUT2D eigenvalue weighted by atomic mass is 9.71. The Morgan fingerprint density at radius 2 is 0.702 bits per heavy atom. The van der Waals surface area contributed by atoms with Crippen LogP contribution in [0.4, 0.5) is 9.59 Å². The molecule has 0 saturated carbocycles. The van der Waals surface area contributed by atoms with Gasteiger partial charge in [-0.05, 0) is 96.4 Å². The third kappa shape index (κ3) is 10.3. The molecule has 288 valence electrons. The second kappa shape index (κ2) is 17.7. The molecule has 0 amide bonds. The van der Waals surface area contributed by atoms with Crippen LogP contribution in [0, 0.1) is 0 Å². The molecule has 57 heavy (non-hydrogen) atoms. The van der Waals surface area contributed by atoms with E-state index in [9.17, 15) is 19.2 Å². The van der Waals surface area contributed by atoms with Crippen LogP contribution < -0.4 is 37.9 Å². The highest BCUT2D eigenvalue weighted by Gasteiger charge is 2.31. The van der Waals surface area contributed by atoms with Gasteiger partial charge in [0.2, 0.25) is 0 Å². The van der Waals surface area contributed by atoms with Crippen LogP contribution in [0.15, 0.2) is 146 Å². The maximum atomic E-state index is 12.8. The molecule has 0 N–H and O–H groups in total. The van der Waals surface area contributed by atoms with Gasteiger partial charge in [0.1, 0.15) is 51.7 Å². The van der Waals surface area contributed by atoms with Gasteiger partial charge in [0.25, 0.3) is 0 Å². The molecule has 6 rings (SSSR count). The van der Waals surface area contributed by atoms with Crippen LogP contribution in [0.3, 0.4) is 0 Å². The predicted molar refractivity (Wildman–Crippen MR) is 207 cm³/mol. The smallest absolute Gasteiger partial charge is 0.497 e. The molecule has 1 unspecified atom stereocenters. The average Bonchev–Trinajstić information content (AvgIpc) is 3.19. The van der Waals surface area contributed by atoms with Gasteiger partial charge in [0.15, 0.2) is 0 Å². The summed E-state index contributed by atoms with van der Waals surface area (Å²) in [5, 5.41) is 0. The zero-order chi connectivity index (χ0) is 40.4. The number of carbonyl (C=O) groups is 4. The van der Waals surface area contributed by atoms with Crippen LogP contribution in [0.1, 0.15) is 37.5 Å². The molecule has 0 spiro atoms. The summed E-state index contributed by atoms with van der Waals surface area (Å²) in [6, 6.07) is 41.4. The molecular weight excluding hydrogens is 732 g/mol. The van der Waals surface area contributed by atoms with E-state index >= 15 is 0 Å². The van der Waals surface area contributed by atoms with E-state index in [0.717, 1.165) is 16.7 Å². The number of rotatable bonds is 12. The largest absolute Gasteiger partial charge is 0.519 e. The van der Waals surface area contributed by atoms with E-state index in [2.05, 4.69) is 6.92 Å². The van der Waals surface area contributed by atoms with Crippen LogP contribution in [0.5, 0.6) is 51.7 Å². The SMILES string of the molecule is COc1ccc(Oc2ccc(OC(=O)Oc3ccc(C(C)(c4ccccc4)c4ccc(OC(=O)Oc5cc(OC(C)=O)cc(OC(C)=O)c5)cc4)cc3)cc2)cc1. The fourth-order valence-electron chi connectivity index (χ4n) is 5.82. The summed E-state index contributed by atoms with van der Waals surface area (Å²) in [5.41, 5.74) is 2.02. The second-order valence-corrected chi connectivity index (χ2v) is 12.5. The summed E-state index contributed by atoms with van der Waals surface area (Å²) in [7, 11) is 1.59. The van der Waals surface area contributed by atoms with Crippen molar-refractivity contribution in [3.8, 4) is 51.7 Å². The first-order valence-electron chi connectivity index (χ1n) is 17.5. The Labute approximate surface area is 328 Å². The second-order valence-electron chi connectivity index (χ2n) is 12.5. The van der Waals surface area contributed by atoms with Crippen LogP contribution in [-0.4, -0.2) is 31.4 Å². The third-order valence-corrected chi connectivity index (χ3v) is 8.51. The summed E-state index contributed by atoms with van der Waals surface area (Å²) < 4.78 is 42.7. The molecule has 0 aliphatic carbocycles. The van der Waals surface area contributed by atoms with Crippen LogP contribution >= 0.6 is 0 Å². The highest BCUT2D eigenvalue weighted by molar-refractivity contribution is 5.73. The minimum atomic E-state index is -1.08. The highest BCUT2D eigenvalue weighted by Crippen LogP contribution is 2.40. The van der Waals surface area contributed by atoms with E-state index in [1.807, 2.05) is 54.6 Å². The molecular formula is C45H36O12. The zero-order valence-corrected chi connectivity index (χ0v) is 31.3. The van der Waals surface area contributed by atoms with Crippen molar-refractivity contribution in [3.05, 3.63) is 162 Å². The lowest BCUT2D eigenvalue weighted by molar-refractivity contribution is -0.132. The fraction of sp³-hybridized carbons (Fsp3) is 0.111. The summed E-state index contributed by atoms with van der Waals surface area (Å²) >= 11 is 0. The molecule has 0 aliphatic heterocycles. The minimum absolute atomic E-state index is 0.00661. The number of carbonyl (C=O) groups excluding carboxylic acids is 4. The van der Waals surface area contributed by atoms with Crippen LogP contribution in [0.25, 0.3) is 0 Å². The topological polar surface area (TPSA) is 142 Å². The Balaban J connectivity index is 1.11. The summed E-state index contributed by atoms with van der Waals surface area (Å²) in [5.74, 6) is 1.34. The molecule has 12 nitrogen and oxygen atoms in total. The van der Waals surface area contributed by atoms with Crippen molar-refractivity contribution in [2.75, 3.05) is 7.11 Å². The first-order valence-corrected chi connectivity index (χ1v) is 17.5. The van der Waals surface area contributed by atoms with Gasteiger partial charge in [-0.15, -0.1) is 0 Å². The Bertz CT molecular complexity index is 2300. The molecule has 0 radical (unpaired) electrons. The maximum Gasteiger partial charge on any atom is 0.519 e. The predicted octanol–water partition coefficient (Wildman–Crippen LogP) is 9.85. The number of methoxy groups -OCH3 is 1. The van der Waals surface area contributed by atoms with E-state index in [4.69, 9.17) is 37.9 Å². The summed E-state index contributed by atoms with van der Waals surface area (Å²) in [6.07, 6.45) is -1.99. The molecule has 6 aromatic carbocycles. The first kappa shape index (κ1) is 39.1. The van der Waals surface area contributed by atoms with Gasteiger partial charge < -0.3 is 37.9 Å². The van der Waals surface area contributed by atoms with Gasteiger partial charge in [-0.25, -0.2) is 9.59 Å². The fourth-order valence-corrected chi connectivity index (χ4v) is 5.82. The van der Waals surface area contributed by atoms with Crippen molar-refractivity contribution in [2.45, 2.75) is 26.2 Å². The Kier molecular flexibility index (Phi) is 12.1. The number of esters is 2. The standard InChI is InChI=1S/C45H36O12/c1-29(46)51-40-26-41(52-30(2)47)28-42(27-40)57-44(49)55-38-16-12-33(13-17-38)45(3,31-8-6-5-7-9-31)32-10-14-37(15-11-32)54-43(48)56-39-24-22-36(23-25-39)53-35-20-18-34(50-4)19-21-35/h5-28H,1-4H3. The molecule has 12 heteroatoms. The van der Waals surface area contributed by atoms with Crippen molar-refractivity contribution >= 4 is 24.2 Å². The Morgan fingerprint density at radius 3 is 1.09 bits per heavy atom. The lowest BCUT2D eigenvalue weighted by Crippen LogP contribution is -2.25. The molecule has 0 aromatic heterocycles. The monoisotopic (exact) mass is 768 g/mol. The van der Waals surface area contributed by atoms with Crippen molar-refractivity contribution in [1.82, 2.24) is 0 Å². The molecule has 1 atom stereocenters. The Hall–Kier alpha value is -7.60. The van der Waals surface area contributed by atoms with Crippen molar-refractivity contribution in [2.24, 2.45) is 0 Å². The Morgan fingerprint density at radius 1 is 0.386 bits per heavy atom. The first-order chi connectivity index (χ1) is 27.5. The molecule has 0 aliphatic rings. The van der Waals surface area contributed by atoms with Gasteiger partial charge in [-0.1, -0.05) is 54.6 Å². The van der Waals surface area contributed by atoms with Crippen molar-refractivity contribution < 1.29 is 57.1 Å². The van der Waals surface area contributed by atoms with Gasteiger partial charge in [0, 0.05) is 37.5 Å². The van der Waals surface area contributed by atoms with E-state index in [-0.39, 0.29) is 34.5 Å². The van der Waals surface area contributed by atoms with Crippen molar-refractivity contribution in [3.63, 3.8) is 0 Å². The van der Waals surface area contributed by atoms with Gasteiger partial charge in [0.05, 0.1) is 7.11 Å². The lowest BCUT2D eigenvalue weighted by Gasteiger charge is -2.32. The van der Waals surface area contributed by atoms with Gasteiger partial charge in [-0.3, -0.25) is 9.59 Å².